The van der Waals surface area contributed by atoms with E-state index in [1.165, 1.54) is 7.05 Å². The number of fused-ring (bicyclic) bond motifs is 3. The smallest absolute Gasteiger partial charge is 0.271 e. The number of hydrogen-bond acceptors (Lipinski definition) is 6. The largest absolute Gasteiger partial charge is 0.333 e. The van der Waals surface area contributed by atoms with Gasteiger partial charge in [-0.3, -0.25) is 9.89 Å². The number of anilines is 2. The first-order valence-corrected chi connectivity index (χ1v) is 11.6. The van der Waals surface area contributed by atoms with Gasteiger partial charge in [-0.1, -0.05) is 0 Å². The summed E-state index contributed by atoms with van der Waals surface area (Å²) in [6.45, 7) is 4.69. The molecule has 4 heterocycles. The number of imidazole rings is 1. The Morgan fingerprint density at radius 2 is 1.94 bits per heavy atom. The van der Waals surface area contributed by atoms with Gasteiger partial charge in [0.25, 0.3) is 5.91 Å². The summed E-state index contributed by atoms with van der Waals surface area (Å²) in [5.41, 5.74) is 8.71. The van der Waals surface area contributed by atoms with E-state index in [0.29, 0.717) is 30.3 Å². The molecule has 4 N–H and O–H groups in total. The number of rotatable bonds is 6. The van der Waals surface area contributed by atoms with Crippen LogP contribution in [0.3, 0.4) is 0 Å². The van der Waals surface area contributed by atoms with Crippen molar-refractivity contribution in [2.45, 2.75) is 58.2 Å². The lowest BCUT2D eigenvalue weighted by Crippen LogP contribution is -2.36. The summed E-state index contributed by atoms with van der Waals surface area (Å²) in [6.07, 6.45) is 6.27. The molecule has 4 aromatic rings. The third-order valence-electron chi connectivity index (χ3n) is 6.31. The van der Waals surface area contributed by atoms with Crippen molar-refractivity contribution >= 4 is 39.6 Å². The van der Waals surface area contributed by atoms with Crippen LogP contribution in [0.5, 0.6) is 0 Å². The van der Waals surface area contributed by atoms with Gasteiger partial charge in [-0.05, 0) is 52.6 Å². The van der Waals surface area contributed by atoms with Crippen LogP contribution < -0.4 is 11.1 Å². The first-order chi connectivity index (χ1) is 16.0. The van der Waals surface area contributed by atoms with Crippen molar-refractivity contribution in [3.63, 3.8) is 0 Å². The highest BCUT2D eigenvalue weighted by Gasteiger charge is 2.43. The van der Waals surface area contributed by atoms with Gasteiger partial charge in [-0.2, -0.15) is 5.10 Å². The molecule has 2 aliphatic carbocycles. The molecule has 174 valence electrons. The summed E-state index contributed by atoms with van der Waals surface area (Å²) >= 11 is 0. The Morgan fingerprint density at radius 1 is 1.24 bits per heavy atom. The first-order valence-electron chi connectivity index (χ1n) is 11.6. The van der Waals surface area contributed by atoms with E-state index in [4.69, 9.17) is 4.98 Å². The lowest BCUT2D eigenvalue weighted by Gasteiger charge is -2.22. The van der Waals surface area contributed by atoms with E-state index < -0.39 is 0 Å². The van der Waals surface area contributed by atoms with Crippen molar-refractivity contribution in [2.75, 3.05) is 12.4 Å². The van der Waals surface area contributed by atoms with Gasteiger partial charge in [0.15, 0.2) is 11.6 Å². The molecule has 2 saturated carbocycles. The zero-order valence-electron chi connectivity index (χ0n) is 19.6. The standard InChI is InChI=1S/C22H26N8O.CH5N/c1-4-29-16(22(31)30(13-5-6-13)14-7-8-14)10-15-19-18(23-11-28(19)3)20(25-21(15)29)24-17-9-12(2)26-27-17;1-2/h9-11,13-14H,4-8H2,1-3H3,(H2,24,25,26,27);2H2,1H3. The molecule has 0 aliphatic heterocycles. The van der Waals surface area contributed by atoms with Crippen LogP contribution in [0.15, 0.2) is 18.5 Å². The number of aromatic nitrogens is 6. The fourth-order valence-corrected chi connectivity index (χ4v) is 4.57. The van der Waals surface area contributed by atoms with Crippen LogP contribution in [0, 0.1) is 6.92 Å². The molecule has 1 amide bonds. The number of carbonyl (C=O) groups excluding carboxylic acids is 1. The Balaban J connectivity index is 0.00000111. The molecule has 0 bridgehead atoms. The van der Waals surface area contributed by atoms with E-state index >= 15 is 0 Å². The van der Waals surface area contributed by atoms with Gasteiger partial charge >= 0.3 is 0 Å². The summed E-state index contributed by atoms with van der Waals surface area (Å²) in [6, 6.07) is 4.76. The van der Waals surface area contributed by atoms with E-state index in [-0.39, 0.29) is 5.91 Å². The maximum atomic E-state index is 13.6. The van der Waals surface area contributed by atoms with Crippen LogP contribution >= 0.6 is 0 Å². The molecule has 10 heteroatoms. The Hall–Kier alpha value is -3.40. The predicted octanol–water partition coefficient (Wildman–Crippen LogP) is 3.06. The number of amides is 1. The molecule has 0 radical (unpaired) electrons. The predicted molar refractivity (Wildman–Crippen MR) is 129 cm³/mol. The fraction of sp³-hybridized carbons (Fsp3) is 0.478. The number of aryl methyl sites for hydroxylation is 3. The zero-order valence-corrected chi connectivity index (χ0v) is 19.6. The quantitative estimate of drug-likeness (QED) is 0.416. The molecule has 2 fully saturated rings. The summed E-state index contributed by atoms with van der Waals surface area (Å²) in [4.78, 5) is 25.3. The van der Waals surface area contributed by atoms with Crippen molar-refractivity contribution in [1.29, 1.82) is 0 Å². The normalized spacial score (nSPS) is 15.5. The maximum Gasteiger partial charge on any atom is 0.271 e. The van der Waals surface area contributed by atoms with Crippen molar-refractivity contribution in [2.24, 2.45) is 12.8 Å². The summed E-state index contributed by atoms with van der Waals surface area (Å²) < 4.78 is 4.04. The van der Waals surface area contributed by atoms with Gasteiger partial charge in [-0.15, -0.1) is 0 Å². The van der Waals surface area contributed by atoms with Crippen LogP contribution in [-0.2, 0) is 13.6 Å². The second-order valence-electron chi connectivity index (χ2n) is 8.76. The Bertz CT molecular complexity index is 1310. The minimum absolute atomic E-state index is 0.137. The molecule has 4 aromatic heterocycles. The topological polar surface area (TPSA) is 123 Å². The summed E-state index contributed by atoms with van der Waals surface area (Å²) in [5.74, 6) is 1.47. The fourth-order valence-electron chi connectivity index (χ4n) is 4.57. The van der Waals surface area contributed by atoms with E-state index in [1.807, 2.05) is 35.2 Å². The number of H-pyrrole nitrogens is 1. The van der Waals surface area contributed by atoms with Crippen LogP contribution in [-0.4, -0.2) is 59.2 Å². The number of carbonyl (C=O) groups is 1. The Labute approximate surface area is 192 Å². The minimum Gasteiger partial charge on any atom is -0.333 e. The van der Waals surface area contributed by atoms with E-state index in [2.05, 4.69) is 38.1 Å². The Kier molecular flexibility index (Phi) is 5.32. The molecular formula is C23H31N9O. The van der Waals surface area contributed by atoms with Crippen LogP contribution in [0.2, 0.25) is 0 Å². The van der Waals surface area contributed by atoms with E-state index in [9.17, 15) is 4.79 Å². The highest BCUT2D eigenvalue weighted by molar-refractivity contribution is 6.10. The summed E-state index contributed by atoms with van der Waals surface area (Å²) in [7, 11) is 3.47. The third kappa shape index (κ3) is 3.64. The average molecular weight is 450 g/mol. The molecule has 6 rings (SSSR count). The summed E-state index contributed by atoms with van der Waals surface area (Å²) in [5, 5.41) is 11.5. The second kappa shape index (κ2) is 8.18. The number of nitrogens with zero attached hydrogens (tertiary/aromatic N) is 6. The molecule has 2 aliphatic rings. The average Bonchev–Trinajstić information content (AvgIpc) is 3.72. The molecule has 0 spiro atoms. The molecular weight excluding hydrogens is 418 g/mol. The molecule has 0 unspecified atom stereocenters. The molecule has 0 aromatic carbocycles. The van der Waals surface area contributed by atoms with E-state index in [0.717, 1.165) is 59.1 Å². The van der Waals surface area contributed by atoms with Crippen molar-refractivity contribution in [1.82, 2.24) is 34.2 Å². The maximum absolute atomic E-state index is 13.6. The highest BCUT2D eigenvalue weighted by Crippen LogP contribution is 2.39. The van der Waals surface area contributed by atoms with Gasteiger partial charge in [0.05, 0.1) is 11.8 Å². The lowest BCUT2D eigenvalue weighted by molar-refractivity contribution is 0.0719. The number of hydrogen-bond donors (Lipinski definition) is 3. The monoisotopic (exact) mass is 449 g/mol. The van der Waals surface area contributed by atoms with Crippen LogP contribution in [0.4, 0.5) is 11.6 Å². The second-order valence-corrected chi connectivity index (χ2v) is 8.76. The van der Waals surface area contributed by atoms with Crippen LogP contribution in [0.1, 0.15) is 48.8 Å². The molecule has 33 heavy (non-hydrogen) atoms. The van der Waals surface area contributed by atoms with E-state index in [1.54, 1.807) is 6.33 Å². The molecule has 10 nitrogen and oxygen atoms in total. The zero-order chi connectivity index (χ0) is 23.3. The SMILES string of the molecule is CCn1c(C(=O)N(C2CC2)C2CC2)cc2c3c(ncn3C)c(Nc3cc(C)[nH]n3)nc21.CN. The minimum atomic E-state index is 0.137. The highest BCUT2D eigenvalue weighted by atomic mass is 16.2. The first kappa shape index (κ1) is 21.4. The van der Waals surface area contributed by atoms with Gasteiger partial charge < -0.3 is 25.1 Å². The van der Waals surface area contributed by atoms with Crippen LogP contribution in [0.25, 0.3) is 22.1 Å². The number of nitrogens with one attached hydrogen (secondary N) is 2. The molecule has 0 saturated heterocycles. The van der Waals surface area contributed by atoms with Crippen molar-refractivity contribution in [3.8, 4) is 0 Å². The van der Waals surface area contributed by atoms with Gasteiger partial charge in [0.1, 0.15) is 16.9 Å². The number of pyridine rings is 1. The lowest BCUT2D eigenvalue weighted by atomic mass is 10.2. The molecule has 0 atom stereocenters. The van der Waals surface area contributed by atoms with Crippen molar-refractivity contribution < 1.29 is 4.79 Å². The third-order valence-corrected chi connectivity index (χ3v) is 6.31. The van der Waals surface area contributed by atoms with Crippen molar-refractivity contribution in [3.05, 3.63) is 29.8 Å². The van der Waals surface area contributed by atoms with Gasteiger partial charge in [0, 0.05) is 42.8 Å². The number of aromatic amines is 1. The van der Waals surface area contributed by atoms with Gasteiger partial charge in [-0.25, -0.2) is 9.97 Å². The Morgan fingerprint density at radius 3 is 2.52 bits per heavy atom. The number of nitrogens with two attached hydrogens (primary N) is 1. The van der Waals surface area contributed by atoms with Gasteiger partial charge in [0.2, 0.25) is 0 Å².